The molecule has 0 atom stereocenters. The van der Waals surface area contributed by atoms with Gasteiger partial charge in [-0.05, 0) is 12.1 Å². The first-order chi connectivity index (χ1) is 7.84. The molecule has 0 aliphatic carbocycles. The lowest BCUT2D eigenvalue weighted by Crippen LogP contribution is -2.10. The number of fused-ring (bicyclic) bond motifs is 1. The molecule has 0 spiro atoms. The number of hydrogen-bond acceptors (Lipinski definition) is 3. The van der Waals surface area contributed by atoms with Crippen LogP contribution < -0.4 is 0 Å². The molecular weight excluding hydrogens is 204 g/mol. The predicted molar refractivity (Wildman–Crippen MR) is 57.1 cm³/mol. The number of nitrogens with zero attached hydrogens (tertiary/aromatic N) is 4. The second-order valence-corrected chi connectivity index (χ2v) is 3.39. The van der Waals surface area contributed by atoms with Gasteiger partial charge in [0, 0.05) is 31.0 Å². The van der Waals surface area contributed by atoms with Gasteiger partial charge in [-0.15, -0.1) is 0 Å². The van der Waals surface area contributed by atoms with Crippen LogP contribution in [-0.2, 0) is 0 Å². The van der Waals surface area contributed by atoms with Crippen LogP contribution in [0.25, 0.3) is 5.65 Å². The van der Waals surface area contributed by atoms with Crippen molar-refractivity contribution in [2.75, 3.05) is 0 Å². The molecule has 5 nitrogen and oxygen atoms in total. The highest BCUT2D eigenvalue weighted by atomic mass is 16.2. The first-order valence-corrected chi connectivity index (χ1v) is 4.80. The van der Waals surface area contributed by atoms with E-state index in [0.717, 1.165) is 5.65 Å². The summed E-state index contributed by atoms with van der Waals surface area (Å²) in [6.07, 6.45) is 9.94. The van der Waals surface area contributed by atoms with Gasteiger partial charge in [0.05, 0.1) is 5.56 Å². The van der Waals surface area contributed by atoms with Gasteiger partial charge in [-0.2, -0.15) is 0 Å². The monoisotopic (exact) mass is 212 g/mol. The zero-order chi connectivity index (χ0) is 11.0. The van der Waals surface area contributed by atoms with Gasteiger partial charge in [-0.25, -0.2) is 9.97 Å². The number of pyridine rings is 1. The molecular formula is C11H8N4O. The number of carbonyl (C=O) groups is 1. The van der Waals surface area contributed by atoms with Crippen molar-refractivity contribution >= 4 is 11.6 Å². The molecule has 0 fully saturated rings. The third-order valence-corrected chi connectivity index (χ3v) is 2.37. The minimum Gasteiger partial charge on any atom is -0.306 e. The van der Waals surface area contributed by atoms with Gasteiger partial charge >= 0.3 is 0 Å². The summed E-state index contributed by atoms with van der Waals surface area (Å²) in [5, 5.41) is 0. The van der Waals surface area contributed by atoms with E-state index in [-0.39, 0.29) is 5.91 Å². The Labute approximate surface area is 91.0 Å². The Balaban J connectivity index is 2.09. The Hall–Kier alpha value is -2.43. The van der Waals surface area contributed by atoms with Crippen LogP contribution >= 0.6 is 0 Å². The van der Waals surface area contributed by atoms with E-state index in [9.17, 15) is 4.79 Å². The van der Waals surface area contributed by atoms with Crippen LogP contribution in [0.15, 0.2) is 49.4 Å². The molecule has 3 rings (SSSR count). The fourth-order valence-electron chi connectivity index (χ4n) is 1.57. The Morgan fingerprint density at radius 2 is 2.12 bits per heavy atom. The number of carbonyl (C=O) groups excluding carboxylic acids is 1. The third-order valence-electron chi connectivity index (χ3n) is 2.37. The molecule has 0 aliphatic rings. The van der Waals surface area contributed by atoms with Crippen LogP contribution in [0.3, 0.4) is 0 Å². The minimum absolute atomic E-state index is 0.104. The van der Waals surface area contributed by atoms with E-state index < -0.39 is 0 Å². The van der Waals surface area contributed by atoms with Gasteiger partial charge in [0.2, 0.25) is 0 Å². The van der Waals surface area contributed by atoms with Gasteiger partial charge < -0.3 is 4.40 Å². The van der Waals surface area contributed by atoms with Gasteiger partial charge in [0.15, 0.2) is 0 Å². The lowest BCUT2D eigenvalue weighted by atomic mass is 10.2. The summed E-state index contributed by atoms with van der Waals surface area (Å²) in [7, 11) is 0. The molecule has 0 unspecified atom stereocenters. The topological polar surface area (TPSA) is 52.2 Å². The Bertz CT molecular complexity index is 639. The van der Waals surface area contributed by atoms with Crippen molar-refractivity contribution in [3.05, 3.63) is 55.0 Å². The van der Waals surface area contributed by atoms with Gasteiger partial charge in [-0.1, -0.05) is 0 Å². The quantitative estimate of drug-likeness (QED) is 0.609. The Kier molecular flexibility index (Phi) is 1.83. The van der Waals surface area contributed by atoms with Crippen molar-refractivity contribution < 1.29 is 4.79 Å². The van der Waals surface area contributed by atoms with Crippen LogP contribution in [0.4, 0.5) is 0 Å². The van der Waals surface area contributed by atoms with Crippen molar-refractivity contribution in [2.24, 2.45) is 0 Å². The summed E-state index contributed by atoms with van der Waals surface area (Å²) < 4.78 is 3.25. The molecule has 0 saturated carbocycles. The second-order valence-electron chi connectivity index (χ2n) is 3.39. The molecule has 0 radical (unpaired) electrons. The summed E-state index contributed by atoms with van der Waals surface area (Å²) in [4.78, 5) is 19.9. The number of imidazole rings is 2. The highest BCUT2D eigenvalue weighted by Gasteiger charge is 2.08. The number of aromatic nitrogens is 4. The van der Waals surface area contributed by atoms with Crippen molar-refractivity contribution in [3.63, 3.8) is 0 Å². The van der Waals surface area contributed by atoms with Crippen LogP contribution in [0.1, 0.15) is 10.4 Å². The summed E-state index contributed by atoms with van der Waals surface area (Å²) in [6, 6.07) is 3.56. The third kappa shape index (κ3) is 1.30. The highest BCUT2D eigenvalue weighted by molar-refractivity contribution is 5.95. The van der Waals surface area contributed by atoms with E-state index in [1.807, 2.05) is 10.5 Å². The van der Waals surface area contributed by atoms with Gasteiger partial charge in [0.1, 0.15) is 12.0 Å². The molecule has 0 N–H and O–H groups in total. The lowest BCUT2D eigenvalue weighted by molar-refractivity contribution is 0.0959. The van der Waals surface area contributed by atoms with Gasteiger partial charge in [-0.3, -0.25) is 9.36 Å². The minimum atomic E-state index is -0.104. The summed E-state index contributed by atoms with van der Waals surface area (Å²) in [5.41, 5.74) is 1.42. The summed E-state index contributed by atoms with van der Waals surface area (Å²) in [6.45, 7) is 0. The fraction of sp³-hybridized carbons (Fsp3) is 0. The first kappa shape index (κ1) is 8.84. The SMILES string of the molecule is O=C(c1ccc2nccn2c1)n1ccnc1. The van der Waals surface area contributed by atoms with E-state index in [1.165, 1.54) is 10.9 Å². The van der Waals surface area contributed by atoms with Crippen molar-refractivity contribution in [3.8, 4) is 0 Å². The van der Waals surface area contributed by atoms with Crippen molar-refractivity contribution in [2.45, 2.75) is 0 Å². The van der Waals surface area contributed by atoms with E-state index in [4.69, 9.17) is 0 Å². The zero-order valence-electron chi connectivity index (χ0n) is 8.32. The normalized spacial score (nSPS) is 10.8. The number of hydrogen-bond donors (Lipinski definition) is 0. The molecule has 5 heteroatoms. The van der Waals surface area contributed by atoms with E-state index >= 15 is 0 Å². The van der Waals surface area contributed by atoms with E-state index in [1.54, 1.807) is 37.1 Å². The van der Waals surface area contributed by atoms with E-state index in [0.29, 0.717) is 5.56 Å². The standard InChI is InChI=1S/C11H8N4O/c16-11(15-5-3-12-8-15)9-1-2-10-13-4-6-14(10)7-9/h1-8H. The first-order valence-electron chi connectivity index (χ1n) is 4.80. The molecule has 78 valence electrons. The average molecular weight is 212 g/mol. The molecule has 3 heterocycles. The van der Waals surface area contributed by atoms with Crippen LogP contribution in [0, 0.1) is 0 Å². The van der Waals surface area contributed by atoms with Crippen LogP contribution in [-0.4, -0.2) is 24.8 Å². The van der Waals surface area contributed by atoms with E-state index in [2.05, 4.69) is 9.97 Å². The number of rotatable bonds is 1. The maximum absolute atomic E-state index is 12.0. The Morgan fingerprint density at radius 3 is 2.94 bits per heavy atom. The predicted octanol–water partition coefficient (Wildman–Crippen LogP) is 1.22. The molecule has 0 aliphatic heterocycles. The van der Waals surface area contributed by atoms with Crippen LogP contribution in [0.5, 0.6) is 0 Å². The molecule has 0 aromatic carbocycles. The van der Waals surface area contributed by atoms with Crippen molar-refractivity contribution in [1.29, 1.82) is 0 Å². The molecule has 16 heavy (non-hydrogen) atoms. The Morgan fingerprint density at radius 1 is 1.19 bits per heavy atom. The average Bonchev–Trinajstić information content (AvgIpc) is 2.98. The van der Waals surface area contributed by atoms with Gasteiger partial charge in [0.25, 0.3) is 5.91 Å². The molecule has 0 amide bonds. The lowest BCUT2D eigenvalue weighted by Gasteiger charge is -2.01. The molecule has 3 aromatic heterocycles. The maximum atomic E-state index is 12.0. The van der Waals surface area contributed by atoms with Crippen molar-refractivity contribution in [1.82, 2.24) is 18.9 Å². The smallest absolute Gasteiger partial charge is 0.264 e. The van der Waals surface area contributed by atoms with Crippen LogP contribution in [0.2, 0.25) is 0 Å². The summed E-state index contributed by atoms with van der Waals surface area (Å²) in [5.74, 6) is -0.104. The molecule has 3 aromatic rings. The zero-order valence-corrected chi connectivity index (χ0v) is 8.32. The molecule has 0 saturated heterocycles. The maximum Gasteiger partial charge on any atom is 0.264 e. The second kappa shape index (κ2) is 3.30. The summed E-state index contributed by atoms with van der Waals surface area (Å²) >= 11 is 0. The molecule has 0 bridgehead atoms. The highest BCUT2D eigenvalue weighted by Crippen LogP contribution is 2.06. The largest absolute Gasteiger partial charge is 0.306 e. The fourth-order valence-corrected chi connectivity index (χ4v) is 1.57.